The van der Waals surface area contributed by atoms with Gasteiger partial charge in [0.25, 0.3) is 0 Å². The van der Waals surface area contributed by atoms with Gasteiger partial charge in [-0.25, -0.2) is 0 Å². The first-order valence-electron chi connectivity index (χ1n) is 8.20. The second-order valence-electron chi connectivity index (χ2n) is 6.96. The van der Waals surface area contributed by atoms with Gasteiger partial charge in [0.1, 0.15) is 0 Å². The highest BCUT2D eigenvalue weighted by molar-refractivity contribution is 5.83. The predicted molar refractivity (Wildman–Crippen MR) is 85.2 cm³/mol. The Morgan fingerprint density at radius 2 is 2.00 bits per heavy atom. The summed E-state index contributed by atoms with van der Waals surface area (Å²) >= 11 is 0. The fraction of sp³-hybridized carbons (Fsp3) is 0.611. The molecule has 1 aromatic carbocycles. The standard InChI is InChI=1S/C18H26N2O/c1-12(2)13-5-7-14(8-6-13)16-10-17(16)18(21)20-9-3-4-15(19)11-20/h5-8,12,15-17H,3-4,9-11,19H2,1-2H3. The zero-order valence-electron chi connectivity index (χ0n) is 13.1. The van der Waals surface area contributed by atoms with Gasteiger partial charge >= 0.3 is 0 Å². The van der Waals surface area contributed by atoms with Gasteiger partial charge in [-0.2, -0.15) is 0 Å². The highest BCUT2D eigenvalue weighted by Crippen LogP contribution is 2.48. The molecule has 3 nitrogen and oxygen atoms in total. The second kappa shape index (κ2) is 5.80. The smallest absolute Gasteiger partial charge is 0.226 e. The first kappa shape index (κ1) is 14.6. The van der Waals surface area contributed by atoms with Crippen LogP contribution in [0.5, 0.6) is 0 Å². The Labute approximate surface area is 127 Å². The van der Waals surface area contributed by atoms with E-state index >= 15 is 0 Å². The van der Waals surface area contributed by atoms with Crippen LogP contribution < -0.4 is 5.73 Å². The van der Waals surface area contributed by atoms with Crippen molar-refractivity contribution in [2.24, 2.45) is 11.7 Å². The molecule has 0 aromatic heterocycles. The fourth-order valence-electron chi connectivity index (χ4n) is 3.41. The molecule has 2 aliphatic rings. The van der Waals surface area contributed by atoms with Gasteiger partial charge in [0, 0.05) is 25.0 Å². The minimum absolute atomic E-state index is 0.172. The highest BCUT2D eigenvalue weighted by atomic mass is 16.2. The number of carbonyl (C=O) groups excluding carboxylic acids is 1. The van der Waals surface area contributed by atoms with Crippen LogP contribution in [-0.4, -0.2) is 29.9 Å². The highest BCUT2D eigenvalue weighted by Gasteiger charge is 2.46. The predicted octanol–water partition coefficient (Wildman–Crippen LogP) is 2.86. The molecule has 3 heteroatoms. The summed E-state index contributed by atoms with van der Waals surface area (Å²) in [4.78, 5) is 14.5. The topological polar surface area (TPSA) is 46.3 Å². The summed E-state index contributed by atoms with van der Waals surface area (Å²) in [5, 5.41) is 0. The Morgan fingerprint density at radius 1 is 1.29 bits per heavy atom. The van der Waals surface area contributed by atoms with Crippen LogP contribution in [0.4, 0.5) is 0 Å². The Morgan fingerprint density at radius 3 is 2.62 bits per heavy atom. The van der Waals surface area contributed by atoms with Gasteiger partial charge in [-0.3, -0.25) is 4.79 Å². The number of benzene rings is 1. The molecule has 21 heavy (non-hydrogen) atoms. The Kier molecular flexibility index (Phi) is 4.03. The fourth-order valence-corrected chi connectivity index (χ4v) is 3.41. The van der Waals surface area contributed by atoms with E-state index in [9.17, 15) is 4.79 Å². The maximum absolute atomic E-state index is 12.5. The normalized spacial score (nSPS) is 28.8. The molecule has 1 aromatic rings. The number of hydrogen-bond donors (Lipinski definition) is 1. The van der Waals surface area contributed by atoms with Crippen molar-refractivity contribution in [2.75, 3.05) is 13.1 Å². The second-order valence-corrected chi connectivity index (χ2v) is 6.96. The first-order chi connectivity index (χ1) is 10.1. The molecule has 0 spiro atoms. The van der Waals surface area contributed by atoms with E-state index in [4.69, 9.17) is 5.73 Å². The van der Waals surface area contributed by atoms with Gasteiger partial charge in [-0.15, -0.1) is 0 Å². The monoisotopic (exact) mass is 286 g/mol. The van der Waals surface area contributed by atoms with E-state index in [-0.39, 0.29) is 12.0 Å². The van der Waals surface area contributed by atoms with Crippen LogP contribution in [0.15, 0.2) is 24.3 Å². The molecule has 1 saturated carbocycles. The van der Waals surface area contributed by atoms with Crippen molar-refractivity contribution < 1.29 is 4.79 Å². The molecular formula is C18H26N2O. The van der Waals surface area contributed by atoms with Crippen LogP contribution in [0.3, 0.4) is 0 Å². The molecule has 0 bridgehead atoms. The molecule has 1 amide bonds. The van der Waals surface area contributed by atoms with Crippen LogP contribution >= 0.6 is 0 Å². The SMILES string of the molecule is CC(C)c1ccc(C2CC2C(=O)N2CCCC(N)C2)cc1. The van der Waals surface area contributed by atoms with Crippen LogP contribution in [0.1, 0.15) is 56.1 Å². The summed E-state index contributed by atoms with van der Waals surface area (Å²) in [5.74, 6) is 1.51. The summed E-state index contributed by atoms with van der Waals surface area (Å²) in [6, 6.07) is 8.99. The lowest BCUT2D eigenvalue weighted by Crippen LogP contribution is -2.46. The van der Waals surface area contributed by atoms with Crippen molar-refractivity contribution in [1.29, 1.82) is 0 Å². The Balaban J connectivity index is 1.61. The van der Waals surface area contributed by atoms with Gasteiger partial charge in [-0.1, -0.05) is 38.1 Å². The molecule has 2 fully saturated rings. The number of nitrogens with two attached hydrogens (primary N) is 1. The summed E-state index contributed by atoms with van der Waals surface area (Å²) in [7, 11) is 0. The van der Waals surface area contributed by atoms with E-state index in [0.717, 1.165) is 32.4 Å². The number of rotatable bonds is 3. The van der Waals surface area contributed by atoms with E-state index < -0.39 is 0 Å². The number of nitrogens with zero attached hydrogens (tertiary/aromatic N) is 1. The van der Waals surface area contributed by atoms with E-state index in [1.165, 1.54) is 11.1 Å². The Bertz CT molecular complexity index is 508. The van der Waals surface area contributed by atoms with Crippen LogP contribution in [0.25, 0.3) is 0 Å². The van der Waals surface area contributed by atoms with Crippen molar-refractivity contribution in [3.63, 3.8) is 0 Å². The average Bonchev–Trinajstić information content (AvgIpc) is 3.27. The minimum Gasteiger partial charge on any atom is -0.341 e. The van der Waals surface area contributed by atoms with Crippen LogP contribution in [-0.2, 0) is 4.79 Å². The first-order valence-corrected chi connectivity index (χ1v) is 8.20. The average molecular weight is 286 g/mol. The molecule has 1 heterocycles. The zero-order valence-corrected chi connectivity index (χ0v) is 13.1. The molecular weight excluding hydrogens is 260 g/mol. The van der Waals surface area contributed by atoms with Gasteiger partial charge in [-0.05, 0) is 42.2 Å². The third kappa shape index (κ3) is 3.13. The van der Waals surface area contributed by atoms with Crippen LogP contribution in [0, 0.1) is 5.92 Å². The summed E-state index contributed by atoms with van der Waals surface area (Å²) < 4.78 is 0. The number of piperidine rings is 1. The van der Waals surface area contributed by atoms with E-state index in [0.29, 0.717) is 17.7 Å². The zero-order chi connectivity index (χ0) is 15.0. The lowest BCUT2D eigenvalue weighted by molar-refractivity contribution is -0.133. The number of likely N-dealkylation sites (tertiary alicyclic amines) is 1. The quantitative estimate of drug-likeness (QED) is 0.928. The van der Waals surface area contributed by atoms with E-state index in [1.54, 1.807) is 0 Å². The molecule has 0 radical (unpaired) electrons. The van der Waals surface area contributed by atoms with Gasteiger partial charge in [0.15, 0.2) is 0 Å². The van der Waals surface area contributed by atoms with E-state index in [2.05, 4.69) is 38.1 Å². The maximum Gasteiger partial charge on any atom is 0.226 e. The third-order valence-electron chi connectivity index (χ3n) is 4.91. The molecule has 114 valence electrons. The van der Waals surface area contributed by atoms with Gasteiger partial charge in [0.2, 0.25) is 5.91 Å². The van der Waals surface area contributed by atoms with Crippen molar-refractivity contribution in [1.82, 2.24) is 4.90 Å². The number of hydrogen-bond acceptors (Lipinski definition) is 2. The van der Waals surface area contributed by atoms with Crippen molar-refractivity contribution >= 4 is 5.91 Å². The third-order valence-corrected chi connectivity index (χ3v) is 4.91. The largest absolute Gasteiger partial charge is 0.341 e. The molecule has 1 aliphatic heterocycles. The number of amides is 1. The summed E-state index contributed by atoms with van der Waals surface area (Å²) in [5.41, 5.74) is 8.66. The molecule has 2 N–H and O–H groups in total. The Hall–Kier alpha value is -1.35. The molecule has 1 aliphatic carbocycles. The van der Waals surface area contributed by atoms with E-state index in [1.807, 2.05) is 4.90 Å². The maximum atomic E-state index is 12.5. The molecule has 3 rings (SSSR count). The van der Waals surface area contributed by atoms with Crippen molar-refractivity contribution in [3.05, 3.63) is 35.4 Å². The molecule has 3 atom stereocenters. The number of carbonyl (C=O) groups is 1. The molecule has 3 unspecified atom stereocenters. The lowest BCUT2D eigenvalue weighted by Gasteiger charge is -2.31. The molecule has 1 saturated heterocycles. The van der Waals surface area contributed by atoms with Crippen molar-refractivity contribution in [2.45, 2.75) is 51.0 Å². The van der Waals surface area contributed by atoms with Gasteiger partial charge < -0.3 is 10.6 Å². The summed E-state index contributed by atoms with van der Waals surface area (Å²) in [6.45, 7) is 6.05. The van der Waals surface area contributed by atoms with Crippen molar-refractivity contribution in [3.8, 4) is 0 Å². The lowest BCUT2D eigenvalue weighted by atomic mass is 9.99. The minimum atomic E-state index is 0.172. The van der Waals surface area contributed by atoms with Crippen LogP contribution in [0.2, 0.25) is 0 Å². The van der Waals surface area contributed by atoms with Gasteiger partial charge in [0.05, 0.1) is 0 Å². The summed E-state index contributed by atoms with van der Waals surface area (Å²) in [6.07, 6.45) is 3.10.